The van der Waals surface area contributed by atoms with Crippen LogP contribution in [0.3, 0.4) is 0 Å². The van der Waals surface area contributed by atoms with E-state index in [4.69, 9.17) is 5.73 Å². The van der Waals surface area contributed by atoms with Gasteiger partial charge in [0.1, 0.15) is 5.69 Å². The van der Waals surface area contributed by atoms with Crippen LogP contribution < -0.4 is 5.73 Å². The van der Waals surface area contributed by atoms with E-state index in [2.05, 4.69) is 15.3 Å². The maximum absolute atomic E-state index is 11.4. The molecule has 0 aliphatic heterocycles. The zero-order valence-electron chi connectivity index (χ0n) is 11.0. The number of aromatic nitrogens is 4. The van der Waals surface area contributed by atoms with Crippen molar-refractivity contribution in [2.45, 2.75) is 6.92 Å². The van der Waals surface area contributed by atoms with Crippen molar-refractivity contribution in [1.82, 2.24) is 20.0 Å². The maximum atomic E-state index is 11.4. The van der Waals surface area contributed by atoms with Crippen LogP contribution in [0.4, 0.5) is 5.69 Å². The minimum Gasteiger partial charge on any atom is -0.476 e. The number of carboxylic acids is 1. The van der Waals surface area contributed by atoms with Crippen molar-refractivity contribution >= 4 is 23.0 Å². The Morgan fingerprint density at radius 2 is 2.24 bits per heavy atom. The molecule has 0 aliphatic rings. The molecule has 8 heteroatoms. The van der Waals surface area contributed by atoms with Crippen LogP contribution in [0.2, 0.25) is 0 Å². The number of hydrogen-bond donors (Lipinski definition) is 2. The molecule has 0 bridgehead atoms. The largest absolute Gasteiger partial charge is 0.476 e. The lowest BCUT2D eigenvalue weighted by molar-refractivity contribution is 0.0691. The van der Waals surface area contributed by atoms with Gasteiger partial charge in [-0.3, -0.25) is 0 Å². The summed E-state index contributed by atoms with van der Waals surface area (Å²) in [5, 5.41) is 19.4. The minimum atomic E-state index is -1.15. The summed E-state index contributed by atoms with van der Waals surface area (Å²) in [6, 6.07) is 6.92. The number of carboxylic acid groups (broad SMARTS) is 1. The average Bonchev–Trinajstić information content (AvgIpc) is 3.04. The Bertz CT molecular complexity index is 824. The third-order valence-corrected chi connectivity index (χ3v) is 3.75. The highest BCUT2D eigenvalue weighted by Gasteiger charge is 2.22. The lowest BCUT2D eigenvalue weighted by Crippen LogP contribution is -2.03. The summed E-state index contributed by atoms with van der Waals surface area (Å²) in [5.74, 6) is -1.15. The van der Waals surface area contributed by atoms with Gasteiger partial charge < -0.3 is 10.8 Å². The van der Waals surface area contributed by atoms with Gasteiger partial charge in [-0.15, -0.1) is 16.4 Å². The number of benzene rings is 1. The standard InChI is InChI=1S/C13H11N5O2S/c1-7-6-21-13(15-7)18-11(10(12(19)20)16-17-18)8-3-2-4-9(14)5-8/h2-6H,14H2,1H3,(H,19,20). The van der Waals surface area contributed by atoms with Gasteiger partial charge in [0.2, 0.25) is 5.13 Å². The molecule has 3 rings (SSSR count). The Labute approximate surface area is 123 Å². The third kappa shape index (κ3) is 2.36. The Morgan fingerprint density at radius 1 is 1.43 bits per heavy atom. The fraction of sp³-hybridized carbons (Fsp3) is 0.0769. The summed E-state index contributed by atoms with van der Waals surface area (Å²) in [6.07, 6.45) is 0. The molecule has 106 valence electrons. The van der Waals surface area contributed by atoms with Gasteiger partial charge in [0.25, 0.3) is 0 Å². The number of hydrogen-bond acceptors (Lipinski definition) is 6. The summed E-state index contributed by atoms with van der Waals surface area (Å²) < 4.78 is 1.43. The van der Waals surface area contributed by atoms with Crippen LogP contribution in [0.15, 0.2) is 29.6 Å². The molecule has 0 unspecified atom stereocenters. The van der Waals surface area contributed by atoms with Crippen LogP contribution in [0, 0.1) is 6.92 Å². The van der Waals surface area contributed by atoms with Crippen molar-refractivity contribution < 1.29 is 9.90 Å². The van der Waals surface area contributed by atoms with Crippen molar-refractivity contribution in [2.75, 3.05) is 5.73 Å². The molecule has 21 heavy (non-hydrogen) atoms. The Balaban J connectivity index is 2.25. The summed E-state index contributed by atoms with van der Waals surface area (Å²) in [5.41, 5.74) is 8.01. The van der Waals surface area contributed by atoms with Crippen LogP contribution in [0.5, 0.6) is 0 Å². The summed E-state index contributed by atoms with van der Waals surface area (Å²) in [6.45, 7) is 1.86. The number of carbonyl (C=O) groups is 1. The van der Waals surface area contributed by atoms with Crippen LogP contribution in [-0.4, -0.2) is 31.1 Å². The van der Waals surface area contributed by atoms with Gasteiger partial charge in [0.05, 0.1) is 5.69 Å². The first kappa shape index (κ1) is 13.3. The van der Waals surface area contributed by atoms with E-state index in [1.165, 1.54) is 16.0 Å². The first-order valence-corrected chi connectivity index (χ1v) is 6.91. The minimum absolute atomic E-state index is 0.131. The van der Waals surface area contributed by atoms with Gasteiger partial charge in [0, 0.05) is 16.6 Å². The predicted octanol–water partition coefficient (Wildman–Crippen LogP) is 1.98. The first-order valence-electron chi connectivity index (χ1n) is 6.03. The van der Waals surface area contributed by atoms with Crippen LogP contribution in [0.1, 0.15) is 16.2 Å². The highest BCUT2D eigenvalue weighted by Crippen LogP contribution is 2.27. The van der Waals surface area contributed by atoms with Gasteiger partial charge in [0.15, 0.2) is 5.69 Å². The average molecular weight is 301 g/mol. The molecule has 0 spiro atoms. The van der Waals surface area contributed by atoms with Crippen molar-refractivity contribution in [3.8, 4) is 16.4 Å². The summed E-state index contributed by atoms with van der Waals surface area (Å²) in [7, 11) is 0. The fourth-order valence-corrected chi connectivity index (χ4v) is 2.70. The van der Waals surface area contributed by atoms with E-state index >= 15 is 0 Å². The second kappa shape index (κ2) is 4.98. The number of rotatable bonds is 3. The number of anilines is 1. The number of aryl methyl sites for hydroxylation is 1. The Kier molecular flexibility index (Phi) is 3.15. The van der Waals surface area contributed by atoms with Gasteiger partial charge in [-0.05, 0) is 19.1 Å². The predicted molar refractivity (Wildman–Crippen MR) is 78.6 cm³/mol. The molecular formula is C13H11N5O2S. The van der Waals surface area contributed by atoms with Crippen LogP contribution >= 0.6 is 11.3 Å². The van der Waals surface area contributed by atoms with Crippen molar-refractivity contribution in [3.63, 3.8) is 0 Å². The van der Waals surface area contributed by atoms with E-state index in [-0.39, 0.29) is 5.69 Å². The Hall–Kier alpha value is -2.74. The van der Waals surface area contributed by atoms with Gasteiger partial charge in [-0.1, -0.05) is 17.3 Å². The molecule has 0 aliphatic carbocycles. The first-order chi connectivity index (χ1) is 10.1. The van der Waals surface area contributed by atoms with Crippen molar-refractivity contribution in [3.05, 3.63) is 41.0 Å². The molecule has 1 aromatic carbocycles. The van der Waals surface area contributed by atoms with E-state index in [0.717, 1.165) is 5.69 Å². The zero-order chi connectivity index (χ0) is 15.0. The third-order valence-electron chi connectivity index (χ3n) is 2.82. The molecule has 0 amide bonds. The maximum Gasteiger partial charge on any atom is 0.358 e. The van der Waals surface area contributed by atoms with E-state index in [1.54, 1.807) is 24.3 Å². The lowest BCUT2D eigenvalue weighted by atomic mass is 10.1. The normalized spacial score (nSPS) is 10.7. The van der Waals surface area contributed by atoms with E-state index in [1.807, 2.05) is 12.3 Å². The fourth-order valence-electron chi connectivity index (χ4n) is 1.94. The second-order valence-corrected chi connectivity index (χ2v) is 5.24. The lowest BCUT2D eigenvalue weighted by Gasteiger charge is -2.05. The second-order valence-electron chi connectivity index (χ2n) is 4.40. The molecule has 0 atom stereocenters. The zero-order valence-corrected chi connectivity index (χ0v) is 11.8. The van der Waals surface area contributed by atoms with Crippen LogP contribution in [-0.2, 0) is 0 Å². The number of thiazole rings is 1. The topological polar surface area (TPSA) is 107 Å². The molecule has 0 saturated heterocycles. The highest BCUT2D eigenvalue weighted by molar-refractivity contribution is 7.12. The molecule has 0 saturated carbocycles. The van der Waals surface area contributed by atoms with E-state index < -0.39 is 5.97 Å². The molecule has 0 fully saturated rings. The van der Waals surface area contributed by atoms with E-state index in [9.17, 15) is 9.90 Å². The van der Waals surface area contributed by atoms with Crippen molar-refractivity contribution in [2.24, 2.45) is 0 Å². The smallest absolute Gasteiger partial charge is 0.358 e. The van der Waals surface area contributed by atoms with Gasteiger partial charge in [-0.2, -0.15) is 4.68 Å². The van der Waals surface area contributed by atoms with Crippen LogP contribution in [0.25, 0.3) is 16.4 Å². The highest BCUT2D eigenvalue weighted by atomic mass is 32.1. The molecule has 2 aromatic heterocycles. The molecule has 3 N–H and O–H groups in total. The molecule has 2 heterocycles. The number of aromatic carboxylic acids is 1. The van der Waals surface area contributed by atoms with Gasteiger partial charge >= 0.3 is 5.97 Å². The number of nitrogen functional groups attached to an aromatic ring is 1. The molecule has 0 radical (unpaired) electrons. The molecule has 3 aromatic rings. The van der Waals surface area contributed by atoms with Gasteiger partial charge in [-0.25, -0.2) is 9.78 Å². The SMILES string of the molecule is Cc1csc(-n2nnc(C(=O)O)c2-c2cccc(N)c2)n1. The summed E-state index contributed by atoms with van der Waals surface area (Å²) >= 11 is 1.37. The molecule has 7 nitrogen and oxygen atoms in total. The van der Waals surface area contributed by atoms with Crippen molar-refractivity contribution in [1.29, 1.82) is 0 Å². The number of nitrogens with zero attached hydrogens (tertiary/aromatic N) is 4. The molecular weight excluding hydrogens is 290 g/mol. The quantitative estimate of drug-likeness (QED) is 0.716. The monoisotopic (exact) mass is 301 g/mol. The van der Waals surface area contributed by atoms with E-state index in [0.29, 0.717) is 22.1 Å². The Morgan fingerprint density at radius 3 is 2.86 bits per heavy atom. The summed E-state index contributed by atoms with van der Waals surface area (Å²) in [4.78, 5) is 15.7. The number of nitrogens with two attached hydrogens (primary N) is 1.